The molecule has 0 aliphatic carbocycles. The molecule has 156 valence electrons. The molecule has 0 bridgehead atoms. The Labute approximate surface area is 169 Å². The first kappa shape index (κ1) is 26.0. The summed E-state index contributed by atoms with van der Waals surface area (Å²) in [5.41, 5.74) is 3.40. The van der Waals surface area contributed by atoms with E-state index in [0.717, 1.165) is 30.4 Å². The minimum absolute atomic E-state index is 0.125. The Morgan fingerprint density at radius 1 is 0.586 bits per heavy atom. The summed E-state index contributed by atoms with van der Waals surface area (Å²) in [7, 11) is 0. The standard InChI is InChI=1S/C15H10N2O2.C4H10O2.C2H6O2/c18-10-16-14-5-1-12(2-6-14)9-13-3-7-15(8-4-13)17-11-19;5-3-1-2-4-6;3-1-2-4/h1-8H,9H2;5-6H,1-4H2;3-4H,1-2H2. The maximum absolute atomic E-state index is 10.1. The molecule has 0 atom stereocenters. The number of aliphatic hydroxyl groups excluding tert-OH is 4. The van der Waals surface area contributed by atoms with Crippen molar-refractivity contribution < 1.29 is 30.0 Å². The smallest absolute Gasteiger partial charge is 0.240 e. The van der Waals surface area contributed by atoms with E-state index < -0.39 is 0 Å². The summed E-state index contributed by atoms with van der Waals surface area (Å²) in [4.78, 5) is 27.3. The highest BCUT2D eigenvalue weighted by Gasteiger charge is 1.97. The van der Waals surface area contributed by atoms with E-state index in [4.69, 9.17) is 20.4 Å². The Morgan fingerprint density at radius 2 is 0.931 bits per heavy atom. The molecule has 8 heteroatoms. The molecule has 0 fully saturated rings. The zero-order valence-electron chi connectivity index (χ0n) is 16.1. The summed E-state index contributed by atoms with van der Waals surface area (Å²) in [6.07, 6.45) is 5.21. The van der Waals surface area contributed by atoms with E-state index in [2.05, 4.69) is 9.98 Å². The van der Waals surface area contributed by atoms with Gasteiger partial charge in [0, 0.05) is 13.2 Å². The highest BCUT2D eigenvalue weighted by molar-refractivity contribution is 5.51. The number of nitrogens with zero attached hydrogens (tertiary/aromatic N) is 2. The van der Waals surface area contributed by atoms with Crippen LogP contribution >= 0.6 is 0 Å². The van der Waals surface area contributed by atoms with Crippen molar-refractivity contribution in [3.63, 3.8) is 0 Å². The van der Waals surface area contributed by atoms with Crippen molar-refractivity contribution in [1.29, 1.82) is 0 Å². The van der Waals surface area contributed by atoms with Crippen molar-refractivity contribution in [3.8, 4) is 0 Å². The van der Waals surface area contributed by atoms with Crippen LogP contribution in [0.15, 0.2) is 58.5 Å². The van der Waals surface area contributed by atoms with Crippen LogP contribution in [0.25, 0.3) is 0 Å². The number of carbonyl (C=O) groups excluding carboxylic acids is 2. The van der Waals surface area contributed by atoms with Crippen molar-refractivity contribution in [2.75, 3.05) is 26.4 Å². The summed E-state index contributed by atoms with van der Waals surface area (Å²) in [5, 5.41) is 31.4. The van der Waals surface area contributed by atoms with Crippen LogP contribution in [0.3, 0.4) is 0 Å². The van der Waals surface area contributed by atoms with Crippen molar-refractivity contribution in [2.45, 2.75) is 19.3 Å². The number of aliphatic imine (C=N–C) groups is 2. The van der Waals surface area contributed by atoms with Crippen molar-refractivity contribution in [3.05, 3.63) is 59.7 Å². The molecule has 0 saturated heterocycles. The van der Waals surface area contributed by atoms with Gasteiger partial charge in [-0.25, -0.2) is 9.59 Å². The average molecular weight is 402 g/mol. The lowest BCUT2D eigenvalue weighted by molar-refractivity contribution is 0.186. The molecule has 0 radical (unpaired) electrons. The predicted molar refractivity (Wildman–Crippen MR) is 109 cm³/mol. The molecule has 29 heavy (non-hydrogen) atoms. The fourth-order valence-electron chi connectivity index (χ4n) is 1.94. The normalized spacial score (nSPS) is 8.97. The lowest BCUT2D eigenvalue weighted by Crippen LogP contribution is -1.86. The van der Waals surface area contributed by atoms with Crippen LogP contribution < -0.4 is 0 Å². The van der Waals surface area contributed by atoms with Crippen LogP contribution in [-0.2, 0) is 16.0 Å². The molecule has 0 aliphatic heterocycles. The van der Waals surface area contributed by atoms with Gasteiger partial charge in [-0.05, 0) is 54.7 Å². The Balaban J connectivity index is 0.000000654. The fourth-order valence-corrected chi connectivity index (χ4v) is 1.94. The Morgan fingerprint density at radius 3 is 1.17 bits per heavy atom. The van der Waals surface area contributed by atoms with Gasteiger partial charge in [-0.15, -0.1) is 0 Å². The lowest BCUT2D eigenvalue weighted by Gasteiger charge is -2.02. The van der Waals surface area contributed by atoms with Crippen LogP contribution in [0.2, 0.25) is 0 Å². The molecule has 0 unspecified atom stereocenters. The lowest BCUT2D eigenvalue weighted by atomic mass is 10.0. The quantitative estimate of drug-likeness (QED) is 0.302. The second-order valence-electron chi connectivity index (χ2n) is 5.52. The van der Waals surface area contributed by atoms with E-state index in [9.17, 15) is 9.59 Å². The van der Waals surface area contributed by atoms with Crippen LogP contribution in [0.4, 0.5) is 11.4 Å². The maximum atomic E-state index is 10.1. The first-order chi connectivity index (χ1) is 14.1. The molecule has 8 nitrogen and oxygen atoms in total. The van der Waals surface area contributed by atoms with Gasteiger partial charge in [-0.1, -0.05) is 24.3 Å². The molecule has 0 amide bonds. The van der Waals surface area contributed by atoms with Gasteiger partial charge in [0.1, 0.15) is 0 Å². The zero-order chi connectivity index (χ0) is 21.7. The highest BCUT2D eigenvalue weighted by atomic mass is 16.3. The van der Waals surface area contributed by atoms with Gasteiger partial charge in [0.05, 0.1) is 24.6 Å². The van der Waals surface area contributed by atoms with Crippen LogP contribution in [0.5, 0.6) is 0 Å². The molecule has 0 aromatic heterocycles. The van der Waals surface area contributed by atoms with E-state index in [1.165, 1.54) is 12.2 Å². The third kappa shape index (κ3) is 13.8. The maximum Gasteiger partial charge on any atom is 0.240 e. The van der Waals surface area contributed by atoms with Gasteiger partial charge < -0.3 is 20.4 Å². The van der Waals surface area contributed by atoms with E-state index in [1.54, 1.807) is 24.3 Å². The largest absolute Gasteiger partial charge is 0.396 e. The predicted octanol–water partition coefficient (Wildman–Crippen LogP) is 1.93. The van der Waals surface area contributed by atoms with Gasteiger partial charge in [-0.3, -0.25) is 0 Å². The van der Waals surface area contributed by atoms with E-state index in [0.29, 0.717) is 11.4 Å². The summed E-state index contributed by atoms with van der Waals surface area (Å²) in [6, 6.07) is 14.7. The molecule has 0 aliphatic rings. The molecule has 2 aromatic carbocycles. The third-order valence-corrected chi connectivity index (χ3v) is 3.30. The Bertz CT molecular complexity index is 684. The fraction of sp³-hybridized carbons (Fsp3) is 0.333. The first-order valence-electron chi connectivity index (χ1n) is 8.92. The minimum atomic E-state index is -0.125. The summed E-state index contributed by atoms with van der Waals surface area (Å²) in [5.74, 6) is 0. The number of hydrogen-bond acceptors (Lipinski definition) is 8. The van der Waals surface area contributed by atoms with Gasteiger partial charge in [0.2, 0.25) is 12.2 Å². The van der Waals surface area contributed by atoms with Crippen LogP contribution in [0.1, 0.15) is 24.0 Å². The first-order valence-corrected chi connectivity index (χ1v) is 8.92. The van der Waals surface area contributed by atoms with Crippen molar-refractivity contribution in [1.82, 2.24) is 0 Å². The van der Waals surface area contributed by atoms with Crippen molar-refractivity contribution >= 4 is 23.5 Å². The van der Waals surface area contributed by atoms with E-state index in [1.807, 2.05) is 24.3 Å². The summed E-state index contributed by atoms with van der Waals surface area (Å²) in [6.45, 7) is 0.140. The molecule has 4 N–H and O–H groups in total. The summed E-state index contributed by atoms with van der Waals surface area (Å²) >= 11 is 0. The monoisotopic (exact) mass is 402 g/mol. The van der Waals surface area contributed by atoms with Gasteiger partial charge in [-0.2, -0.15) is 9.98 Å². The Hall–Kier alpha value is -2.96. The molecule has 0 saturated carbocycles. The van der Waals surface area contributed by atoms with Gasteiger partial charge >= 0.3 is 0 Å². The third-order valence-electron chi connectivity index (χ3n) is 3.30. The van der Waals surface area contributed by atoms with Crippen molar-refractivity contribution in [2.24, 2.45) is 9.98 Å². The molecule has 2 rings (SSSR count). The molecular formula is C21H26N2O6. The molecular weight excluding hydrogens is 376 g/mol. The highest BCUT2D eigenvalue weighted by Crippen LogP contribution is 2.17. The number of aliphatic hydroxyl groups is 4. The molecule has 2 aromatic rings. The number of rotatable bonds is 8. The van der Waals surface area contributed by atoms with Gasteiger partial charge in [0.15, 0.2) is 0 Å². The topological polar surface area (TPSA) is 140 Å². The molecule has 0 heterocycles. The summed E-state index contributed by atoms with van der Waals surface area (Å²) < 4.78 is 0. The zero-order valence-corrected chi connectivity index (χ0v) is 16.1. The van der Waals surface area contributed by atoms with Crippen LogP contribution in [0, 0.1) is 0 Å². The van der Waals surface area contributed by atoms with E-state index in [-0.39, 0.29) is 26.4 Å². The number of hydrogen-bond donors (Lipinski definition) is 4. The Kier molecular flexibility index (Phi) is 16.5. The number of unbranched alkanes of at least 4 members (excludes halogenated alkanes) is 1. The number of benzene rings is 2. The SMILES string of the molecule is O=C=Nc1ccc(Cc2ccc(N=C=O)cc2)cc1.OCCCCO.OCCO. The van der Waals surface area contributed by atoms with E-state index >= 15 is 0 Å². The number of isocyanates is 2. The second kappa shape index (κ2) is 18.4. The molecule has 0 spiro atoms. The van der Waals surface area contributed by atoms with Gasteiger partial charge in [0.25, 0.3) is 0 Å². The van der Waals surface area contributed by atoms with Crippen LogP contribution in [-0.4, -0.2) is 59.0 Å². The average Bonchev–Trinajstić information content (AvgIpc) is 2.76. The second-order valence-corrected chi connectivity index (χ2v) is 5.52. The minimum Gasteiger partial charge on any atom is -0.396 e.